The van der Waals surface area contributed by atoms with E-state index in [1.165, 1.54) is 0 Å². The lowest BCUT2D eigenvalue weighted by Crippen LogP contribution is -2.47. The van der Waals surface area contributed by atoms with Gasteiger partial charge in [-0.2, -0.15) is 4.98 Å². The van der Waals surface area contributed by atoms with Gasteiger partial charge in [-0.05, 0) is 19.8 Å². The highest BCUT2D eigenvalue weighted by atomic mass is 16.5. The molecule has 7 heteroatoms. The van der Waals surface area contributed by atoms with Crippen LogP contribution in [0.5, 0.6) is 0 Å². The first-order valence-electron chi connectivity index (χ1n) is 7.13. The van der Waals surface area contributed by atoms with E-state index in [0.29, 0.717) is 24.9 Å². The van der Waals surface area contributed by atoms with Crippen molar-refractivity contribution in [3.8, 4) is 0 Å². The second-order valence-electron chi connectivity index (χ2n) is 4.83. The molecule has 7 nitrogen and oxygen atoms in total. The molecule has 2 heterocycles. The maximum Gasteiger partial charge on any atom is 0.245 e. The normalized spacial score (nSPS) is 19.9. The lowest BCUT2D eigenvalue weighted by Gasteiger charge is -2.27. The molecule has 1 amide bonds. The van der Waals surface area contributed by atoms with Gasteiger partial charge in [-0.25, -0.2) is 0 Å². The number of amides is 1. The van der Waals surface area contributed by atoms with Crippen LogP contribution in [0.15, 0.2) is 4.52 Å². The SMILES string of the molecule is CCOC(CC)(CC)c1noc(C2CNC(=O)CN2)n1. The van der Waals surface area contributed by atoms with Crippen LogP contribution in [0.2, 0.25) is 0 Å². The van der Waals surface area contributed by atoms with Crippen molar-refractivity contribution in [1.29, 1.82) is 0 Å². The number of nitrogens with one attached hydrogen (secondary N) is 2. The zero-order chi connectivity index (χ0) is 14.6. The molecule has 1 aliphatic heterocycles. The van der Waals surface area contributed by atoms with Crippen LogP contribution >= 0.6 is 0 Å². The highest BCUT2D eigenvalue weighted by molar-refractivity contribution is 5.78. The Morgan fingerprint density at radius 2 is 2.15 bits per heavy atom. The number of hydrogen-bond donors (Lipinski definition) is 2. The number of aromatic nitrogens is 2. The highest BCUT2D eigenvalue weighted by Crippen LogP contribution is 2.31. The van der Waals surface area contributed by atoms with Crippen molar-refractivity contribution >= 4 is 5.91 Å². The highest BCUT2D eigenvalue weighted by Gasteiger charge is 2.35. The molecule has 0 spiro atoms. The number of carbonyl (C=O) groups is 1. The third-order valence-corrected chi connectivity index (χ3v) is 3.72. The van der Waals surface area contributed by atoms with Crippen LogP contribution in [0.4, 0.5) is 0 Å². The van der Waals surface area contributed by atoms with Crippen LogP contribution in [0.1, 0.15) is 51.4 Å². The molecular weight excluding hydrogens is 260 g/mol. The molecule has 1 aromatic heterocycles. The van der Waals surface area contributed by atoms with Gasteiger partial charge in [0, 0.05) is 13.2 Å². The van der Waals surface area contributed by atoms with E-state index in [9.17, 15) is 4.79 Å². The second kappa shape index (κ2) is 6.32. The Morgan fingerprint density at radius 3 is 2.70 bits per heavy atom. The van der Waals surface area contributed by atoms with Crippen LogP contribution in [0.25, 0.3) is 0 Å². The van der Waals surface area contributed by atoms with Gasteiger partial charge in [0.1, 0.15) is 11.6 Å². The molecule has 1 aliphatic rings. The maximum atomic E-state index is 11.1. The molecule has 0 saturated carbocycles. The minimum Gasteiger partial charge on any atom is -0.367 e. The molecule has 1 saturated heterocycles. The molecule has 1 atom stereocenters. The van der Waals surface area contributed by atoms with Crippen molar-refractivity contribution in [2.75, 3.05) is 19.7 Å². The van der Waals surface area contributed by atoms with E-state index in [4.69, 9.17) is 9.26 Å². The Bertz CT molecular complexity index is 446. The zero-order valence-corrected chi connectivity index (χ0v) is 12.2. The van der Waals surface area contributed by atoms with E-state index >= 15 is 0 Å². The minimum absolute atomic E-state index is 0.0215. The summed E-state index contributed by atoms with van der Waals surface area (Å²) in [5, 5.41) is 9.92. The fraction of sp³-hybridized carbons (Fsp3) is 0.769. The van der Waals surface area contributed by atoms with Gasteiger partial charge in [-0.1, -0.05) is 19.0 Å². The number of rotatable bonds is 6. The van der Waals surface area contributed by atoms with Gasteiger partial charge >= 0.3 is 0 Å². The van der Waals surface area contributed by atoms with Crippen molar-refractivity contribution in [1.82, 2.24) is 20.8 Å². The number of carbonyl (C=O) groups excluding carboxylic acids is 1. The first kappa shape index (κ1) is 14.9. The van der Waals surface area contributed by atoms with Crippen molar-refractivity contribution in [3.63, 3.8) is 0 Å². The lowest BCUT2D eigenvalue weighted by molar-refractivity contribution is -0.121. The average Bonchev–Trinajstić information content (AvgIpc) is 2.96. The first-order chi connectivity index (χ1) is 9.65. The van der Waals surface area contributed by atoms with E-state index in [0.717, 1.165) is 12.8 Å². The Morgan fingerprint density at radius 1 is 1.40 bits per heavy atom. The monoisotopic (exact) mass is 282 g/mol. The summed E-state index contributed by atoms with van der Waals surface area (Å²) in [7, 11) is 0. The third-order valence-electron chi connectivity index (χ3n) is 3.72. The number of nitrogens with zero attached hydrogens (tertiary/aromatic N) is 2. The van der Waals surface area contributed by atoms with Gasteiger partial charge in [0.2, 0.25) is 17.6 Å². The predicted molar refractivity (Wildman–Crippen MR) is 71.9 cm³/mol. The molecule has 0 aromatic carbocycles. The third kappa shape index (κ3) is 2.83. The van der Waals surface area contributed by atoms with E-state index < -0.39 is 5.60 Å². The Hall–Kier alpha value is -1.47. The van der Waals surface area contributed by atoms with Crippen molar-refractivity contribution in [3.05, 3.63) is 11.7 Å². The van der Waals surface area contributed by atoms with E-state index in [1.54, 1.807) is 0 Å². The van der Waals surface area contributed by atoms with Crippen molar-refractivity contribution < 1.29 is 14.1 Å². The van der Waals surface area contributed by atoms with Gasteiger partial charge < -0.3 is 14.6 Å². The number of hydrogen-bond acceptors (Lipinski definition) is 6. The fourth-order valence-corrected chi connectivity index (χ4v) is 2.41. The van der Waals surface area contributed by atoms with E-state index in [-0.39, 0.29) is 18.5 Å². The summed E-state index contributed by atoms with van der Waals surface area (Å²) in [4.78, 5) is 15.6. The van der Waals surface area contributed by atoms with E-state index in [1.807, 2.05) is 20.8 Å². The minimum atomic E-state index is -0.492. The molecule has 0 aliphatic carbocycles. The van der Waals surface area contributed by atoms with Crippen LogP contribution < -0.4 is 10.6 Å². The van der Waals surface area contributed by atoms with Gasteiger partial charge in [0.25, 0.3) is 0 Å². The van der Waals surface area contributed by atoms with Crippen LogP contribution in [-0.2, 0) is 15.1 Å². The largest absolute Gasteiger partial charge is 0.367 e. The molecule has 2 rings (SSSR count). The molecular formula is C13H22N4O3. The molecule has 1 aromatic rings. The van der Waals surface area contributed by atoms with Crippen LogP contribution in [0.3, 0.4) is 0 Å². The fourth-order valence-electron chi connectivity index (χ4n) is 2.41. The summed E-state index contributed by atoms with van der Waals surface area (Å²) in [6.07, 6.45) is 1.57. The molecule has 112 valence electrons. The van der Waals surface area contributed by atoms with Gasteiger partial charge in [-0.15, -0.1) is 0 Å². The smallest absolute Gasteiger partial charge is 0.245 e. The zero-order valence-electron chi connectivity index (χ0n) is 12.2. The Balaban J connectivity index is 2.16. The summed E-state index contributed by atoms with van der Waals surface area (Å²) in [6.45, 7) is 7.38. The molecule has 1 fully saturated rings. The quantitative estimate of drug-likeness (QED) is 0.805. The topological polar surface area (TPSA) is 89.3 Å². The van der Waals surface area contributed by atoms with Gasteiger partial charge in [0.05, 0.1) is 6.54 Å². The van der Waals surface area contributed by atoms with Crippen LogP contribution in [-0.4, -0.2) is 35.7 Å². The summed E-state index contributed by atoms with van der Waals surface area (Å²) < 4.78 is 11.2. The number of ether oxygens (including phenoxy) is 1. The summed E-state index contributed by atoms with van der Waals surface area (Å²) in [5.74, 6) is 1.05. The average molecular weight is 282 g/mol. The molecule has 2 N–H and O–H groups in total. The van der Waals surface area contributed by atoms with Crippen molar-refractivity contribution in [2.45, 2.75) is 45.3 Å². The summed E-state index contributed by atoms with van der Waals surface area (Å²) in [5.41, 5.74) is -0.492. The van der Waals surface area contributed by atoms with Crippen molar-refractivity contribution in [2.24, 2.45) is 0 Å². The van der Waals surface area contributed by atoms with Crippen LogP contribution in [0, 0.1) is 0 Å². The Labute approximate surface area is 118 Å². The molecule has 0 radical (unpaired) electrons. The van der Waals surface area contributed by atoms with E-state index in [2.05, 4.69) is 20.8 Å². The molecule has 0 bridgehead atoms. The first-order valence-corrected chi connectivity index (χ1v) is 7.13. The Kier molecular flexibility index (Phi) is 4.72. The standard InChI is InChI=1S/C13H22N4O3/c1-4-13(5-2,19-6-3)12-16-11(20-17-12)9-7-15-10(18)8-14-9/h9,14H,4-8H2,1-3H3,(H,15,18). The maximum absolute atomic E-state index is 11.1. The second-order valence-corrected chi connectivity index (χ2v) is 4.83. The molecule has 20 heavy (non-hydrogen) atoms. The summed E-state index contributed by atoms with van der Waals surface area (Å²) >= 11 is 0. The lowest BCUT2D eigenvalue weighted by atomic mass is 9.96. The predicted octanol–water partition coefficient (Wildman–Crippen LogP) is 0.882. The molecule has 1 unspecified atom stereocenters. The van der Waals surface area contributed by atoms with Gasteiger partial charge in [-0.3, -0.25) is 10.1 Å². The number of piperazine rings is 1. The summed E-state index contributed by atoms with van der Waals surface area (Å²) in [6, 6.07) is -0.137. The van der Waals surface area contributed by atoms with Gasteiger partial charge in [0.15, 0.2) is 0 Å².